The third-order valence-electron chi connectivity index (χ3n) is 4.48. The monoisotopic (exact) mass is 387 g/mol. The number of rotatable bonds is 9. The van der Waals surface area contributed by atoms with Gasteiger partial charge < -0.3 is 24.8 Å². The Morgan fingerprint density at radius 2 is 1.93 bits per heavy atom. The number of para-hydroxylation sites is 2. The van der Waals surface area contributed by atoms with E-state index in [9.17, 15) is 4.79 Å². The molecule has 0 amide bonds. The summed E-state index contributed by atoms with van der Waals surface area (Å²) in [7, 11) is 0. The van der Waals surface area contributed by atoms with Crippen LogP contribution >= 0.6 is 0 Å². The molecule has 0 saturated carbocycles. The van der Waals surface area contributed by atoms with E-state index in [0.717, 1.165) is 5.75 Å². The molecule has 1 aromatic heterocycles. The zero-order valence-electron chi connectivity index (χ0n) is 15.9. The van der Waals surface area contributed by atoms with Crippen molar-refractivity contribution in [1.29, 1.82) is 0 Å². The van der Waals surface area contributed by atoms with E-state index in [0.29, 0.717) is 63.3 Å². The Morgan fingerprint density at radius 3 is 2.61 bits per heavy atom. The number of aliphatic carboxylic acids is 1. The summed E-state index contributed by atoms with van der Waals surface area (Å²) in [6.45, 7) is 4.70. The second-order valence-electron chi connectivity index (χ2n) is 6.36. The molecule has 150 valence electrons. The molecule has 1 saturated heterocycles. The second kappa shape index (κ2) is 9.72. The number of carboxylic acids is 1. The van der Waals surface area contributed by atoms with Crippen LogP contribution in [-0.2, 0) is 4.79 Å². The Morgan fingerprint density at radius 1 is 1.21 bits per heavy atom. The highest BCUT2D eigenvalue weighted by Crippen LogP contribution is 2.26. The summed E-state index contributed by atoms with van der Waals surface area (Å²) in [4.78, 5) is 25.8. The summed E-state index contributed by atoms with van der Waals surface area (Å²) in [5.41, 5.74) is 0. The predicted octanol–water partition coefficient (Wildman–Crippen LogP) is 2.06. The molecule has 9 heteroatoms. The topological polar surface area (TPSA) is 110 Å². The van der Waals surface area contributed by atoms with E-state index < -0.39 is 5.97 Å². The van der Waals surface area contributed by atoms with Gasteiger partial charge in [0.2, 0.25) is 11.9 Å². The van der Waals surface area contributed by atoms with Gasteiger partial charge >= 0.3 is 5.97 Å². The van der Waals surface area contributed by atoms with Gasteiger partial charge in [-0.1, -0.05) is 12.1 Å². The van der Waals surface area contributed by atoms with E-state index in [-0.39, 0.29) is 5.92 Å². The zero-order valence-corrected chi connectivity index (χ0v) is 15.9. The molecule has 3 rings (SSSR count). The summed E-state index contributed by atoms with van der Waals surface area (Å²) in [5.74, 6) is 1.42. The van der Waals surface area contributed by atoms with Crippen molar-refractivity contribution in [2.45, 2.75) is 19.8 Å². The molecule has 0 radical (unpaired) electrons. The Balaban J connectivity index is 1.48. The molecule has 1 fully saturated rings. The molecule has 1 aliphatic rings. The summed E-state index contributed by atoms with van der Waals surface area (Å²) in [5, 5.41) is 12.2. The highest BCUT2D eigenvalue weighted by atomic mass is 16.5. The van der Waals surface area contributed by atoms with Crippen LogP contribution in [0.4, 0.5) is 11.9 Å². The number of carboxylic acid groups (broad SMARTS) is 1. The van der Waals surface area contributed by atoms with Crippen LogP contribution in [0.25, 0.3) is 0 Å². The second-order valence-corrected chi connectivity index (χ2v) is 6.36. The van der Waals surface area contributed by atoms with Gasteiger partial charge in [0.05, 0.1) is 19.1 Å². The molecule has 1 aliphatic heterocycles. The average Bonchev–Trinajstić information content (AvgIpc) is 2.73. The smallest absolute Gasteiger partial charge is 0.306 e. The molecular weight excluding hydrogens is 362 g/mol. The third-order valence-corrected chi connectivity index (χ3v) is 4.48. The number of aromatic nitrogens is 3. The lowest BCUT2D eigenvalue weighted by atomic mass is 9.97. The Kier molecular flexibility index (Phi) is 6.83. The molecule has 2 heterocycles. The van der Waals surface area contributed by atoms with Crippen LogP contribution in [-0.4, -0.2) is 58.9 Å². The minimum Gasteiger partial charge on any atom is -0.490 e. The number of carbonyl (C=O) groups is 1. The third kappa shape index (κ3) is 5.21. The van der Waals surface area contributed by atoms with Crippen molar-refractivity contribution in [3.63, 3.8) is 0 Å². The van der Waals surface area contributed by atoms with Crippen LogP contribution in [0.3, 0.4) is 0 Å². The highest BCUT2D eigenvalue weighted by molar-refractivity contribution is 5.70. The van der Waals surface area contributed by atoms with Crippen molar-refractivity contribution < 1.29 is 19.4 Å². The summed E-state index contributed by atoms with van der Waals surface area (Å²) >= 11 is 0. The lowest BCUT2D eigenvalue weighted by Gasteiger charge is -2.29. The number of hydrogen-bond acceptors (Lipinski definition) is 8. The lowest BCUT2D eigenvalue weighted by molar-refractivity contribution is -0.142. The molecule has 0 unspecified atom stereocenters. The highest BCUT2D eigenvalue weighted by Gasteiger charge is 2.25. The van der Waals surface area contributed by atoms with E-state index in [2.05, 4.69) is 20.3 Å². The quantitative estimate of drug-likeness (QED) is 0.625. The van der Waals surface area contributed by atoms with Crippen molar-refractivity contribution in [3.05, 3.63) is 30.6 Å². The van der Waals surface area contributed by atoms with Crippen molar-refractivity contribution >= 4 is 17.9 Å². The van der Waals surface area contributed by atoms with E-state index in [1.54, 1.807) is 0 Å². The van der Waals surface area contributed by atoms with Gasteiger partial charge in [0.25, 0.3) is 0 Å². The van der Waals surface area contributed by atoms with Gasteiger partial charge in [-0.3, -0.25) is 4.79 Å². The fraction of sp³-hybridized carbons (Fsp3) is 0.474. The van der Waals surface area contributed by atoms with Crippen molar-refractivity contribution in [1.82, 2.24) is 15.0 Å². The SMILES string of the molecule is CCOc1ccccc1OCCNc1ncnc(N2CCC(C(=O)O)CC2)n1. The number of nitrogens with zero attached hydrogens (tertiary/aromatic N) is 4. The van der Waals surface area contributed by atoms with Crippen LogP contribution in [0.15, 0.2) is 30.6 Å². The van der Waals surface area contributed by atoms with Gasteiger partial charge in [-0.05, 0) is 31.9 Å². The number of nitrogens with one attached hydrogen (secondary N) is 1. The Bertz CT molecular complexity index is 780. The minimum absolute atomic E-state index is 0.285. The van der Waals surface area contributed by atoms with Gasteiger partial charge in [0.1, 0.15) is 12.9 Å². The average molecular weight is 387 g/mol. The first-order valence-corrected chi connectivity index (χ1v) is 9.42. The number of hydrogen-bond donors (Lipinski definition) is 2. The Hall–Kier alpha value is -3.10. The van der Waals surface area contributed by atoms with Crippen LogP contribution in [0.2, 0.25) is 0 Å². The molecule has 2 N–H and O–H groups in total. The normalized spacial score (nSPS) is 14.5. The van der Waals surface area contributed by atoms with Gasteiger partial charge in [-0.25, -0.2) is 9.97 Å². The lowest BCUT2D eigenvalue weighted by Crippen LogP contribution is -2.37. The van der Waals surface area contributed by atoms with Crippen LogP contribution < -0.4 is 19.7 Å². The number of ether oxygens (including phenoxy) is 2. The fourth-order valence-corrected chi connectivity index (χ4v) is 3.02. The van der Waals surface area contributed by atoms with E-state index in [1.165, 1.54) is 6.33 Å². The molecule has 0 spiro atoms. The van der Waals surface area contributed by atoms with E-state index in [4.69, 9.17) is 14.6 Å². The maximum absolute atomic E-state index is 11.1. The maximum atomic E-state index is 11.1. The summed E-state index contributed by atoms with van der Waals surface area (Å²) in [6, 6.07) is 7.55. The molecule has 0 bridgehead atoms. The molecule has 1 aromatic carbocycles. The van der Waals surface area contributed by atoms with Crippen molar-refractivity contribution in [2.75, 3.05) is 43.1 Å². The summed E-state index contributed by atoms with van der Waals surface area (Å²) in [6.07, 6.45) is 2.65. The van der Waals surface area contributed by atoms with Gasteiger partial charge in [-0.15, -0.1) is 0 Å². The largest absolute Gasteiger partial charge is 0.490 e. The standard InChI is InChI=1S/C19H25N5O4/c1-2-27-15-5-3-4-6-16(15)28-12-9-20-18-21-13-22-19(23-18)24-10-7-14(8-11-24)17(25)26/h3-6,13-14H,2,7-12H2,1H3,(H,25,26)(H,20,21,22,23). The van der Waals surface area contributed by atoms with E-state index in [1.807, 2.05) is 36.1 Å². The molecule has 9 nitrogen and oxygen atoms in total. The van der Waals surface area contributed by atoms with Crippen LogP contribution in [0, 0.1) is 5.92 Å². The zero-order chi connectivity index (χ0) is 19.8. The summed E-state index contributed by atoms with van der Waals surface area (Å²) < 4.78 is 11.3. The maximum Gasteiger partial charge on any atom is 0.306 e. The van der Waals surface area contributed by atoms with Gasteiger partial charge in [0, 0.05) is 13.1 Å². The predicted molar refractivity (Wildman–Crippen MR) is 104 cm³/mol. The fourth-order valence-electron chi connectivity index (χ4n) is 3.02. The molecule has 0 aliphatic carbocycles. The molecule has 28 heavy (non-hydrogen) atoms. The van der Waals surface area contributed by atoms with Gasteiger partial charge in [0.15, 0.2) is 11.5 Å². The van der Waals surface area contributed by atoms with Crippen LogP contribution in [0.5, 0.6) is 11.5 Å². The molecule has 2 aromatic rings. The van der Waals surface area contributed by atoms with Crippen LogP contribution in [0.1, 0.15) is 19.8 Å². The first-order chi connectivity index (χ1) is 13.7. The first kappa shape index (κ1) is 19.7. The number of benzene rings is 1. The van der Waals surface area contributed by atoms with Gasteiger partial charge in [-0.2, -0.15) is 4.98 Å². The molecule has 0 atom stereocenters. The minimum atomic E-state index is -0.733. The first-order valence-electron chi connectivity index (χ1n) is 9.42. The number of anilines is 2. The van der Waals surface area contributed by atoms with Crippen molar-refractivity contribution in [2.24, 2.45) is 5.92 Å². The van der Waals surface area contributed by atoms with E-state index >= 15 is 0 Å². The Labute approximate surface area is 163 Å². The van der Waals surface area contributed by atoms with Crippen molar-refractivity contribution in [3.8, 4) is 11.5 Å². The number of piperidine rings is 1. The molecular formula is C19H25N5O4.